The second kappa shape index (κ2) is 7.05. The Hall–Kier alpha value is -2.69. The van der Waals surface area contributed by atoms with Gasteiger partial charge in [-0.2, -0.15) is 0 Å². The van der Waals surface area contributed by atoms with Crippen LogP contribution in [0.3, 0.4) is 0 Å². The van der Waals surface area contributed by atoms with Crippen LogP contribution in [-0.4, -0.2) is 31.8 Å². The summed E-state index contributed by atoms with van der Waals surface area (Å²) in [6.45, 7) is 3.34. The van der Waals surface area contributed by atoms with E-state index in [1.54, 1.807) is 18.2 Å². The third-order valence-corrected chi connectivity index (χ3v) is 3.43. The second-order valence-corrected chi connectivity index (χ2v) is 5.36. The first-order chi connectivity index (χ1) is 11.2. The van der Waals surface area contributed by atoms with Gasteiger partial charge < -0.3 is 19.5 Å². The van der Waals surface area contributed by atoms with Crippen LogP contribution in [0.1, 0.15) is 17.3 Å². The van der Waals surface area contributed by atoms with Gasteiger partial charge in [-0.05, 0) is 37.3 Å². The monoisotopic (exact) mass is 313 g/mol. The number of benzene rings is 2. The summed E-state index contributed by atoms with van der Waals surface area (Å²) in [5.74, 6) is 1.91. The van der Waals surface area contributed by atoms with Crippen molar-refractivity contribution in [3.8, 4) is 17.2 Å². The SMILES string of the molecule is CC(COc1ccccc1)NC(=O)c1ccc2c(c1)OCCO2. The molecule has 0 aliphatic carbocycles. The number of ether oxygens (including phenoxy) is 3. The predicted molar refractivity (Wildman–Crippen MR) is 86.3 cm³/mol. The van der Waals surface area contributed by atoms with Crippen LogP contribution in [-0.2, 0) is 0 Å². The molecule has 1 unspecified atom stereocenters. The first-order valence-electron chi connectivity index (χ1n) is 7.61. The lowest BCUT2D eigenvalue weighted by atomic mass is 10.1. The van der Waals surface area contributed by atoms with E-state index in [1.165, 1.54) is 0 Å². The molecule has 1 heterocycles. The molecule has 1 aliphatic rings. The maximum Gasteiger partial charge on any atom is 0.251 e. The molecule has 0 aromatic heterocycles. The van der Waals surface area contributed by atoms with Gasteiger partial charge in [-0.15, -0.1) is 0 Å². The van der Waals surface area contributed by atoms with Gasteiger partial charge in [0.2, 0.25) is 0 Å². The number of fused-ring (bicyclic) bond motifs is 1. The molecule has 2 aromatic carbocycles. The Labute approximate surface area is 135 Å². The Kier molecular flexibility index (Phi) is 4.66. The zero-order valence-electron chi connectivity index (χ0n) is 13.0. The van der Waals surface area contributed by atoms with E-state index in [4.69, 9.17) is 14.2 Å². The summed E-state index contributed by atoms with van der Waals surface area (Å²) in [4.78, 5) is 12.3. The number of carbonyl (C=O) groups is 1. The third-order valence-electron chi connectivity index (χ3n) is 3.43. The quantitative estimate of drug-likeness (QED) is 0.922. The van der Waals surface area contributed by atoms with Crippen LogP contribution in [0.2, 0.25) is 0 Å². The molecule has 0 fully saturated rings. The fraction of sp³-hybridized carbons (Fsp3) is 0.278. The van der Waals surface area contributed by atoms with Crippen LogP contribution in [0.4, 0.5) is 0 Å². The highest BCUT2D eigenvalue weighted by molar-refractivity contribution is 5.95. The van der Waals surface area contributed by atoms with Crippen molar-refractivity contribution in [3.63, 3.8) is 0 Å². The number of nitrogens with one attached hydrogen (secondary N) is 1. The molecule has 1 atom stereocenters. The Bertz CT molecular complexity index is 672. The number of para-hydroxylation sites is 1. The summed E-state index contributed by atoms with van der Waals surface area (Å²) in [5, 5.41) is 2.91. The van der Waals surface area contributed by atoms with Crippen LogP contribution >= 0.6 is 0 Å². The van der Waals surface area contributed by atoms with Crippen LogP contribution < -0.4 is 19.5 Å². The van der Waals surface area contributed by atoms with E-state index in [0.29, 0.717) is 36.9 Å². The smallest absolute Gasteiger partial charge is 0.251 e. The van der Waals surface area contributed by atoms with Crippen molar-refractivity contribution >= 4 is 5.91 Å². The number of rotatable bonds is 5. The number of amides is 1. The maximum absolute atomic E-state index is 12.3. The second-order valence-electron chi connectivity index (χ2n) is 5.36. The summed E-state index contributed by atoms with van der Waals surface area (Å²) < 4.78 is 16.6. The molecule has 120 valence electrons. The molecule has 3 rings (SSSR count). The Morgan fingerprint density at radius 3 is 2.65 bits per heavy atom. The predicted octanol–water partition coefficient (Wildman–Crippen LogP) is 2.66. The highest BCUT2D eigenvalue weighted by Gasteiger charge is 2.16. The summed E-state index contributed by atoms with van der Waals surface area (Å²) in [5.41, 5.74) is 0.542. The number of hydrogen-bond donors (Lipinski definition) is 1. The Balaban J connectivity index is 1.56. The Morgan fingerprint density at radius 1 is 1.13 bits per heavy atom. The summed E-state index contributed by atoms with van der Waals surface area (Å²) in [6.07, 6.45) is 0. The minimum absolute atomic E-state index is 0.115. The normalized spacial score (nSPS) is 14.0. The van der Waals surface area contributed by atoms with E-state index >= 15 is 0 Å². The molecule has 0 saturated heterocycles. The van der Waals surface area contributed by atoms with Gasteiger partial charge in [-0.1, -0.05) is 18.2 Å². The molecule has 23 heavy (non-hydrogen) atoms. The molecule has 1 aliphatic heterocycles. The van der Waals surface area contributed by atoms with Crippen molar-refractivity contribution in [2.75, 3.05) is 19.8 Å². The van der Waals surface area contributed by atoms with Gasteiger partial charge in [-0.25, -0.2) is 0 Å². The molecular weight excluding hydrogens is 294 g/mol. The topological polar surface area (TPSA) is 56.8 Å². The zero-order chi connectivity index (χ0) is 16.1. The van der Waals surface area contributed by atoms with Gasteiger partial charge in [0.25, 0.3) is 5.91 Å². The van der Waals surface area contributed by atoms with Crippen LogP contribution in [0.25, 0.3) is 0 Å². The molecule has 0 radical (unpaired) electrons. The summed E-state index contributed by atoms with van der Waals surface area (Å²) in [6, 6.07) is 14.6. The first kappa shape index (κ1) is 15.2. The van der Waals surface area contributed by atoms with E-state index in [0.717, 1.165) is 5.75 Å². The van der Waals surface area contributed by atoms with Gasteiger partial charge in [0, 0.05) is 5.56 Å². The van der Waals surface area contributed by atoms with Crippen molar-refractivity contribution in [1.29, 1.82) is 0 Å². The molecular formula is C18H19NO4. The van der Waals surface area contributed by atoms with E-state index in [-0.39, 0.29) is 11.9 Å². The standard InChI is InChI=1S/C18H19NO4/c1-13(12-23-15-5-3-2-4-6-15)19-18(20)14-7-8-16-17(11-14)22-10-9-21-16/h2-8,11,13H,9-10,12H2,1H3,(H,19,20). The molecule has 5 nitrogen and oxygen atoms in total. The van der Waals surface area contributed by atoms with Gasteiger partial charge in [0.1, 0.15) is 25.6 Å². The molecule has 0 spiro atoms. The van der Waals surface area contributed by atoms with Gasteiger partial charge in [0.05, 0.1) is 6.04 Å². The van der Waals surface area contributed by atoms with Gasteiger partial charge >= 0.3 is 0 Å². The first-order valence-corrected chi connectivity index (χ1v) is 7.61. The van der Waals surface area contributed by atoms with E-state index in [9.17, 15) is 4.79 Å². The van der Waals surface area contributed by atoms with Crippen molar-refractivity contribution in [1.82, 2.24) is 5.32 Å². The lowest BCUT2D eigenvalue weighted by Gasteiger charge is -2.19. The lowest BCUT2D eigenvalue weighted by Crippen LogP contribution is -2.36. The van der Waals surface area contributed by atoms with Crippen molar-refractivity contribution in [3.05, 3.63) is 54.1 Å². The minimum atomic E-state index is -0.161. The highest BCUT2D eigenvalue weighted by atomic mass is 16.6. The van der Waals surface area contributed by atoms with Gasteiger partial charge in [-0.3, -0.25) is 4.79 Å². The van der Waals surface area contributed by atoms with Crippen LogP contribution in [0.15, 0.2) is 48.5 Å². The van der Waals surface area contributed by atoms with Crippen molar-refractivity contribution < 1.29 is 19.0 Å². The lowest BCUT2D eigenvalue weighted by molar-refractivity contribution is 0.0925. The minimum Gasteiger partial charge on any atom is -0.491 e. The number of carbonyl (C=O) groups excluding carboxylic acids is 1. The fourth-order valence-corrected chi connectivity index (χ4v) is 2.27. The summed E-state index contributed by atoms with van der Waals surface area (Å²) in [7, 11) is 0. The number of hydrogen-bond acceptors (Lipinski definition) is 4. The zero-order valence-corrected chi connectivity index (χ0v) is 13.0. The van der Waals surface area contributed by atoms with E-state index < -0.39 is 0 Å². The Morgan fingerprint density at radius 2 is 1.87 bits per heavy atom. The molecule has 0 saturated carbocycles. The van der Waals surface area contributed by atoms with Crippen molar-refractivity contribution in [2.24, 2.45) is 0 Å². The van der Waals surface area contributed by atoms with Crippen LogP contribution in [0.5, 0.6) is 17.2 Å². The fourth-order valence-electron chi connectivity index (χ4n) is 2.27. The largest absolute Gasteiger partial charge is 0.491 e. The summed E-state index contributed by atoms with van der Waals surface area (Å²) >= 11 is 0. The average Bonchev–Trinajstić information content (AvgIpc) is 2.60. The van der Waals surface area contributed by atoms with E-state index in [2.05, 4.69) is 5.32 Å². The third kappa shape index (κ3) is 3.94. The average molecular weight is 313 g/mol. The molecule has 5 heteroatoms. The molecule has 1 amide bonds. The van der Waals surface area contributed by atoms with E-state index in [1.807, 2.05) is 37.3 Å². The van der Waals surface area contributed by atoms with Gasteiger partial charge in [0.15, 0.2) is 11.5 Å². The maximum atomic E-state index is 12.3. The highest BCUT2D eigenvalue weighted by Crippen LogP contribution is 2.30. The molecule has 0 bridgehead atoms. The molecule has 1 N–H and O–H groups in total. The van der Waals surface area contributed by atoms with Crippen molar-refractivity contribution in [2.45, 2.75) is 13.0 Å². The van der Waals surface area contributed by atoms with Crippen LogP contribution in [0, 0.1) is 0 Å². The molecule has 2 aromatic rings.